The van der Waals surface area contributed by atoms with Gasteiger partial charge in [-0.15, -0.1) is 0 Å². The van der Waals surface area contributed by atoms with Gasteiger partial charge in [-0.05, 0) is 38.0 Å². The van der Waals surface area contributed by atoms with Gasteiger partial charge in [0.15, 0.2) is 0 Å². The molecule has 0 atom stereocenters. The Morgan fingerprint density at radius 3 is 2.70 bits per heavy atom. The summed E-state index contributed by atoms with van der Waals surface area (Å²) < 4.78 is 29.0. The van der Waals surface area contributed by atoms with Gasteiger partial charge < -0.3 is 9.88 Å². The lowest BCUT2D eigenvalue weighted by Gasteiger charge is -2.05. The van der Waals surface area contributed by atoms with Crippen molar-refractivity contribution in [2.45, 2.75) is 38.3 Å². The van der Waals surface area contributed by atoms with Crippen LogP contribution in [-0.4, -0.2) is 38.1 Å². The quantitative estimate of drug-likeness (QED) is 0.644. The first kappa shape index (κ1) is 17.6. The van der Waals surface area contributed by atoms with Gasteiger partial charge in [0.05, 0.1) is 4.90 Å². The van der Waals surface area contributed by atoms with E-state index in [-0.39, 0.29) is 0 Å². The second-order valence-electron chi connectivity index (χ2n) is 4.48. The van der Waals surface area contributed by atoms with E-state index in [9.17, 15) is 8.42 Å². The summed E-state index contributed by atoms with van der Waals surface area (Å²) in [6.07, 6.45) is 4.57. The highest BCUT2D eigenvalue weighted by atomic mass is 32.2. The third-order valence-electron chi connectivity index (χ3n) is 2.99. The molecule has 0 aliphatic heterocycles. The number of nitrogens with zero attached hydrogens (tertiary/aromatic N) is 1. The van der Waals surface area contributed by atoms with E-state index in [2.05, 4.69) is 10.0 Å². The van der Waals surface area contributed by atoms with Gasteiger partial charge in [-0.1, -0.05) is 6.92 Å². The fraction of sp³-hybridized carbons (Fsp3) is 0.692. The number of rotatable bonds is 10. The molecule has 2 N–H and O–H groups in total. The van der Waals surface area contributed by atoms with Gasteiger partial charge in [0, 0.05) is 31.5 Å². The Morgan fingerprint density at radius 1 is 1.35 bits per heavy atom. The van der Waals surface area contributed by atoms with Crippen LogP contribution in [0, 0.1) is 0 Å². The van der Waals surface area contributed by atoms with Gasteiger partial charge in [0.1, 0.15) is 0 Å². The molecule has 0 saturated carbocycles. The molecular formula is C13H25N3O2S2. The Hall–Kier alpha value is -0.500. The third-order valence-corrected chi connectivity index (χ3v) is 5.11. The van der Waals surface area contributed by atoms with Crippen molar-refractivity contribution in [3.8, 4) is 0 Å². The number of thioether (sulfide) groups is 1. The van der Waals surface area contributed by atoms with Crippen LogP contribution in [0.15, 0.2) is 17.2 Å². The average Bonchev–Trinajstić information content (AvgIpc) is 2.85. The maximum absolute atomic E-state index is 12.2. The van der Waals surface area contributed by atoms with Gasteiger partial charge in [0.25, 0.3) is 0 Å². The van der Waals surface area contributed by atoms with Crippen LogP contribution in [0.1, 0.15) is 26.0 Å². The Morgan fingerprint density at radius 2 is 2.10 bits per heavy atom. The maximum Gasteiger partial charge on any atom is 0.242 e. The highest BCUT2D eigenvalue weighted by Crippen LogP contribution is 2.14. The lowest BCUT2D eigenvalue weighted by Crippen LogP contribution is -2.24. The van der Waals surface area contributed by atoms with Gasteiger partial charge in [-0.3, -0.25) is 0 Å². The largest absolute Gasteiger partial charge is 0.349 e. The predicted molar refractivity (Wildman–Crippen MR) is 85.7 cm³/mol. The summed E-state index contributed by atoms with van der Waals surface area (Å²) in [5, 5.41) is 3.23. The second kappa shape index (κ2) is 8.71. The molecule has 1 aromatic rings. The molecule has 1 heterocycles. The molecule has 0 aliphatic rings. The standard InChI is InChI=1S/C13H25N3O2S2/c1-4-14-10-12-9-13(11-16(12)5-2)20(17,18)15-7-6-8-19-3/h9,11,14-15H,4-8,10H2,1-3H3. The summed E-state index contributed by atoms with van der Waals surface area (Å²) in [4.78, 5) is 0.358. The van der Waals surface area contributed by atoms with Crippen molar-refractivity contribution in [2.75, 3.05) is 25.1 Å². The van der Waals surface area contributed by atoms with Crippen LogP contribution in [-0.2, 0) is 23.1 Å². The summed E-state index contributed by atoms with van der Waals surface area (Å²) in [6, 6.07) is 1.75. The monoisotopic (exact) mass is 319 g/mol. The van der Waals surface area contributed by atoms with E-state index in [0.29, 0.717) is 18.0 Å². The highest BCUT2D eigenvalue weighted by Gasteiger charge is 2.17. The zero-order valence-corrected chi connectivity index (χ0v) is 14.1. The summed E-state index contributed by atoms with van der Waals surface area (Å²) >= 11 is 1.72. The molecule has 1 rings (SSSR count). The molecule has 5 nitrogen and oxygen atoms in total. The van der Waals surface area contributed by atoms with Crippen LogP contribution in [0.25, 0.3) is 0 Å². The number of aryl methyl sites for hydroxylation is 1. The van der Waals surface area contributed by atoms with Crippen LogP contribution in [0.3, 0.4) is 0 Å². The summed E-state index contributed by atoms with van der Waals surface area (Å²) in [7, 11) is -3.39. The third kappa shape index (κ3) is 5.12. The van der Waals surface area contributed by atoms with Crippen LogP contribution >= 0.6 is 11.8 Å². The van der Waals surface area contributed by atoms with Gasteiger partial charge in [-0.25, -0.2) is 13.1 Å². The number of nitrogens with one attached hydrogen (secondary N) is 2. The van der Waals surface area contributed by atoms with Crippen LogP contribution < -0.4 is 10.0 Å². The van der Waals surface area contributed by atoms with E-state index >= 15 is 0 Å². The Balaban J connectivity index is 2.76. The lowest BCUT2D eigenvalue weighted by molar-refractivity contribution is 0.580. The second-order valence-corrected chi connectivity index (χ2v) is 7.23. The molecule has 0 radical (unpaired) electrons. The van der Waals surface area contributed by atoms with E-state index < -0.39 is 10.0 Å². The maximum atomic E-state index is 12.2. The minimum atomic E-state index is -3.39. The summed E-state index contributed by atoms with van der Waals surface area (Å²) in [5.41, 5.74) is 0.999. The molecular weight excluding hydrogens is 294 g/mol. The molecule has 116 valence electrons. The van der Waals surface area contributed by atoms with Crippen molar-refractivity contribution < 1.29 is 8.42 Å². The van der Waals surface area contributed by atoms with Crippen LogP contribution in [0.2, 0.25) is 0 Å². The van der Waals surface area contributed by atoms with Crippen molar-refractivity contribution in [1.29, 1.82) is 0 Å². The number of sulfonamides is 1. The fourth-order valence-corrected chi connectivity index (χ4v) is 3.44. The molecule has 0 aliphatic carbocycles. The van der Waals surface area contributed by atoms with E-state index in [1.165, 1.54) is 0 Å². The van der Waals surface area contributed by atoms with Crippen LogP contribution in [0.4, 0.5) is 0 Å². The van der Waals surface area contributed by atoms with Crippen molar-refractivity contribution in [3.05, 3.63) is 18.0 Å². The molecule has 0 spiro atoms. The molecule has 1 aromatic heterocycles. The Bertz CT molecular complexity index is 498. The van der Waals surface area contributed by atoms with E-state index in [4.69, 9.17) is 0 Å². The zero-order chi connectivity index (χ0) is 15.0. The summed E-state index contributed by atoms with van der Waals surface area (Å²) in [5.74, 6) is 0.962. The zero-order valence-electron chi connectivity index (χ0n) is 12.5. The van der Waals surface area contributed by atoms with Crippen molar-refractivity contribution >= 4 is 21.8 Å². The van der Waals surface area contributed by atoms with Gasteiger partial charge >= 0.3 is 0 Å². The average molecular weight is 319 g/mol. The first-order chi connectivity index (χ1) is 9.55. The topological polar surface area (TPSA) is 63.1 Å². The fourth-order valence-electron chi connectivity index (χ4n) is 1.87. The van der Waals surface area contributed by atoms with Crippen molar-refractivity contribution in [2.24, 2.45) is 0 Å². The van der Waals surface area contributed by atoms with Crippen molar-refractivity contribution in [1.82, 2.24) is 14.6 Å². The molecule has 0 saturated heterocycles. The van der Waals surface area contributed by atoms with E-state index in [0.717, 1.165) is 31.0 Å². The first-order valence-corrected chi connectivity index (χ1v) is 9.81. The molecule has 0 bridgehead atoms. The Labute approximate surface area is 126 Å². The van der Waals surface area contributed by atoms with Gasteiger partial charge in [0.2, 0.25) is 10.0 Å². The Kier molecular flexibility index (Phi) is 7.65. The number of aromatic nitrogens is 1. The minimum absolute atomic E-state index is 0.358. The number of hydrogen-bond acceptors (Lipinski definition) is 4. The molecule has 0 aromatic carbocycles. The molecule has 0 fully saturated rings. The molecule has 20 heavy (non-hydrogen) atoms. The predicted octanol–water partition coefficient (Wildman–Crippen LogP) is 1.65. The van der Waals surface area contributed by atoms with Gasteiger partial charge in [-0.2, -0.15) is 11.8 Å². The van der Waals surface area contributed by atoms with Crippen LogP contribution in [0.5, 0.6) is 0 Å². The summed E-state index contributed by atoms with van der Waals surface area (Å²) in [6.45, 7) is 6.85. The molecule has 0 amide bonds. The van der Waals surface area contributed by atoms with E-state index in [1.54, 1.807) is 24.0 Å². The van der Waals surface area contributed by atoms with E-state index in [1.807, 2.05) is 24.7 Å². The minimum Gasteiger partial charge on any atom is -0.349 e. The normalized spacial score (nSPS) is 11.9. The SMILES string of the molecule is CCNCc1cc(S(=O)(=O)NCCCSC)cn1CC. The smallest absolute Gasteiger partial charge is 0.242 e. The molecule has 7 heteroatoms. The number of hydrogen-bond donors (Lipinski definition) is 2. The lowest BCUT2D eigenvalue weighted by atomic mass is 10.4. The van der Waals surface area contributed by atoms with Crippen molar-refractivity contribution in [3.63, 3.8) is 0 Å². The molecule has 0 unspecified atom stereocenters. The highest BCUT2D eigenvalue weighted by molar-refractivity contribution is 7.98. The first-order valence-electron chi connectivity index (χ1n) is 6.93.